The van der Waals surface area contributed by atoms with Crippen LogP contribution in [0.4, 0.5) is 0 Å². The number of hydrogen-bond donors (Lipinski definition) is 9. The van der Waals surface area contributed by atoms with Crippen LogP contribution in [0.3, 0.4) is 0 Å². The van der Waals surface area contributed by atoms with Gasteiger partial charge >= 0.3 is 0 Å². The number of hydrogen-bond acceptors (Lipinski definition) is 14. The molecule has 3 saturated heterocycles. The van der Waals surface area contributed by atoms with Gasteiger partial charge in [0.25, 0.3) is 0 Å². The molecule has 2 spiro atoms. The Morgan fingerprint density at radius 1 is 0.618 bits per heavy atom. The maximum Gasteiger partial charge on any atom is 0.187 e. The van der Waals surface area contributed by atoms with Crippen molar-refractivity contribution in [3.05, 3.63) is 0 Å². The normalized spacial score (nSPS) is 59.6. The van der Waals surface area contributed by atoms with E-state index in [4.69, 9.17) is 23.7 Å². The van der Waals surface area contributed by atoms with Gasteiger partial charge in [0.1, 0.15) is 42.7 Å². The van der Waals surface area contributed by atoms with Crippen LogP contribution in [0.5, 0.6) is 0 Å². The molecule has 316 valence electrons. The number of aliphatic hydroxyl groups is 9. The van der Waals surface area contributed by atoms with Gasteiger partial charge in [0.05, 0.1) is 48.8 Å². The van der Waals surface area contributed by atoms with Crippen molar-refractivity contribution < 1.29 is 69.6 Å². The zero-order valence-corrected chi connectivity index (χ0v) is 33.6. The zero-order chi connectivity index (χ0) is 40.1. The van der Waals surface area contributed by atoms with Gasteiger partial charge in [-0.3, -0.25) is 0 Å². The van der Waals surface area contributed by atoms with E-state index in [1.807, 2.05) is 13.8 Å². The lowest BCUT2D eigenvalue weighted by molar-refractivity contribution is -0.343. The van der Waals surface area contributed by atoms with Gasteiger partial charge in [-0.1, -0.05) is 27.7 Å². The van der Waals surface area contributed by atoms with E-state index in [2.05, 4.69) is 34.6 Å². The molecule has 9 N–H and O–H groups in total. The molecule has 5 saturated carbocycles. The molecular weight excluding hydrogens is 716 g/mol. The van der Waals surface area contributed by atoms with E-state index in [-0.39, 0.29) is 52.1 Å². The minimum Gasteiger partial charge on any atom is -0.394 e. The number of fused-ring (bicyclic) bond motifs is 2. The first-order chi connectivity index (χ1) is 25.5. The van der Waals surface area contributed by atoms with Gasteiger partial charge in [-0.05, 0) is 117 Å². The number of ether oxygens (including phenoxy) is 5. The van der Waals surface area contributed by atoms with E-state index >= 15 is 0 Å². The van der Waals surface area contributed by atoms with Gasteiger partial charge in [0.15, 0.2) is 12.6 Å². The van der Waals surface area contributed by atoms with Crippen LogP contribution >= 0.6 is 0 Å². The molecular formula is C41H68O14. The summed E-state index contributed by atoms with van der Waals surface area (Å²) in [6.07, 6.45) is -7.07. The Kier molecular flexibility index (Phi) is 9.90. The van der Waals surface area contributed by atoms with E-state index in [9.17, 15) is 46.0 Å². The van der Waals surface area contributed by atoms with Gasteiger partial charge in [0, 0.05) is 5.92 Å². The lowest BCUT2D eigenvalue weighted by Gasteiger charge is -2.65. The minimum absolute atomic E-state index is 0.0289. The van der Waals surface area contributed by atoms with Gasteiger partial charge in [-0.15, -0.1) is 0 Å². The van der Waals surface area contributed by atoms with Crippen molar-refractivity contribution in [1.82, 2.24) is 0 Å². The maximum absolute atomic E-state index is 12.3. The van der Waals surface area contributed by atoms with E-state index in [0.717, 1.165) is 32.1 Å². The molecule has 14 heteroatoms. The predicted octanol–water partition coefficient (Wildman–Crippen LogP) is 0.724. The van der Waals surface area contributed by atoms with Crippen molar-refractivity contribution in [3.8, 4) is 0 Å². The first kappa shape index (κ1) is 41.2. The minimum atomic E-state index is -1.54. The molecule has 0 amide bonds. The van der Waals surface area contributed by atoms with Crippen LogP contribution in [-0.4, -0.2) is 150 Å². The highest BCUT2D eigenvalue weighted by atomic mass is 16.7. The Hall–Kier alpha value is -0.560. The first-order valence-corrected chi connectivity index (χ1v) is 20.9. The second-order valence-corrected chi connectivity index (χ2v) is 21.0. The van der Waals surface area contributed by atoms with Gasteiger partial charge < -0.3 is 69.6 Å². The molecule has 0 aromatic heterocycles. The van der Waals surface area contributed by atoms with Crippen LogP contribution in [-0.2, 0) is 23.7 Å². The Balaban J connectivity index is 1.00. The Bertz CT molecular complexity index is 1460. The number of rotatable bonds is 6. The second-order valence-electron chi connectivity index (χ2n) is 21.0. The average molecular weight is 785 g/mol. The third kappa shape index (κ3) is 5.63. The van der Waals surface area contributed by atoms with Gasteiger partial charge in [-0.2, -0.15) is 0 Å². The van der Waals surface area contributed by atoms with E-state index in [1.54, 1.807) is 0 Å². The molecule has 5 aliphatic carbocycles. The number of aliphatic hydroxyl groups excluding tert-OH is 9. The molecule has 3 heterocycles. The molecule has 0 bridgehead atoms. The summed E-state index contributed by atoms with van der Waals surface area (Å²) in [6, 6.07) is 0. The molecule has 0 aromatic rings. The van der Waals surface area contributed by atoms with E-state index < -0.39 is 96.8 Å². The zero-order valence-electron chi connectivity index (χ0n) is 33.6. The smallest absolute Gasteiger partial charge is 0.187 e. The average Bonchev–Trinajstić information content (AvgIpc) is 3.69. The summed E-state index contributed by atoms with van der Waals surface area (Å²) in [5.41, 5.74) is -2.69. The molecule has 8 rings (SSSR count). The van der Waals surface area contributed by atoms with Crippen LogP contribution < -0.4 is 0 Å². The van der Waals surface area contributed by atoms with Crippen molar-refractivity contribution >= 4 is 0 Å². The predicted molar refractivity (Wildman–Crippen MR) is 194 cm³/mol. The fraction of sp³-hybridized carbons (Fsp3) is 1.00. The SMILES string of the molecule is CC1(C)OC(C)(C2C(O)CC3(C)C4CC(O)C5C(C)(C)C(OC6OCC(O)C(O)C6O)CCC56CC46CCC23C)CCC1OC1OC(CO)C(O)C(O)C1O. The molecule has 8 aliphatic rings. The third-order valence-corrected chi connectivity index (χ3v) is 17.7. The Labute approximate surface area is 324 Å². The lowest BCUT2D eigenvalue weighted by atomic mass is 9.41. The molecule has 0 radical (unpaired) electrons. The van der Waals surface area contributed by atoms with Crippen molar-refractivity contribution in [3.63, 3.8) is 0 Å². The summed E-state index contributed by atoms with van der Waals surface area (Å²) in [5, 5.41) is 96.5. The molecule has 21 atom stereocenters. The molecule has 14 nitrogen and oxygen atoms in total. The molecule has 55 heavy (non-hydrogen) atoms. The summed E-state index contributed by atoms with van der Waals surface area (Å²) >= 11 is 0. The second kappa shape index (κ2) is 13.2. The summed E-state index contributed by atoms with van der Waals surface area (Å²) < 4.78 is 31.1. The summed E-state index contributed by atoms with van der Waals surface area (Å²) in [7, 11) is 0. The maximum atomic E-state index is 12.3. The van der Waals surface area contributed by atoms with Crippen LogP contribution in [0.2, 0.25) is 0 Å². The van der Waals surface area contributed by atoms with Gasteiger partial charge in [-0.25, -0.2) is 0 Å². The topological polar surface area (TPSA) is 228 Å². The molecule has 3 aliphatic heterocycles. The summed E-state index contributed by atoms with van der Waals surface area (Å²) in [6.45, 7) is 14.3. The largest absolute Gasteiger partial charge is 0.394 e. The first-order valence-electron chi connectivity index (χ1n) is 20.9. The van der Waals surface area contributed by atoms with Crippen molar-refractivity contribution in [2.45, 2.75) is 197 Å². The highest BCUT2D eigenvalue weighted by Gasteiger charge is 2.85. The monoisotopic (exact) mass is 784 g/mol. The molecule has 0 aromatic carbocycles. The third-order valence-electron chi connectivity index (χ3n) is 17.7. The van der Waals surface area contributed by atoms with Gasteiger partial charge in [0.2, 0.25) is 0 Å². The quantitative estimate of drug-likeness (QED) is 0.169. The fourth-order valence-electron chi connectivity index (χ4n) is 15.1. The molecule has 21 unspecified atom stereocenters. The van der Waals surface area contributed by atoms with Crippen LogP contribution in [0.1, 0.15) is 106 Å². The lowest BCUT2D eigenvalue weighted by Crippen LogP contribution is -2.65. The van der Waals surface area contributed by atoms with Crippen LogP contribution in [0, 0.1) is 44.8 Å². The van der Waals surface area contributed by atoms with Crippen LogP contribution in [0.15, 0.2) is 0 Å². The van der Waals surface area contributed by atoms with E-state index in [0.29, 0.717) is 25.7 Å². The Morgan fingerprint density at radius 2 is 1.27 bits per heavy atom. The van der Waals surface area contributed by atoms with Crippen molar-refractivity contribution in [1.29, 1.82) is 0 Å². The van der Waals surface area contributed by atoms with Crippen LogP contribution in [0.25, 0.3) is 0 Å². The van der Waals surface area contributed by atoms with E-state index in [1.165, 1.54) is 0 Å². The highest BCUT2D eigenvalue weighted by Crippen LogP contribution is 2.89. The fourth-order valence-corrected chi connectivity index (χ4v) is 15.1. The standard InChI is InChI=1S/C41H68O14/c1-35(2)24(53-33-29(49)26(46)21(45)17-51-33)9-11-41-18-40(41)13-12-37(5)32(20(44)15-38(37,6)23(40)14-19(43)31(35)41)39(7)10-8-25(36(3,4)55-39)54-34-30(50)28(48)27(47)22(16-42)52-34/h19-34,42-50H,8-18H2,1-7H3. The van der Waals surface area contributed by atoms with Crippen molar-refractivity contribution in [2.75, 3.05) is 13.2 Å². The highest BCUT2D eigenvalue weighted by molar-refractivity contribution is 5.33. The summed E-state index contributed by atoms with van der Waals surface area (Å²) in [5.74, 6) is -0.0433. The van der Waals surface area contributed by atoms with Crippen molar-refractivity contribution in [2.24, 2.45) is 44.8 Å². The molecule has 8 fully saturated rings. The Morgan fingerprint density at radius 3 is 1.95 bits per heavy atom. The summed E-state index contributed by atoms with van der Waals surface area (Å²) in [4.78, 5) is 0.